The zero-order valence-corrected chi connectivity index (χ0v) is 19.6. The third-order valence-electron chi connectivity index (χ3n) is 4.50. The van der Waals surface area contributed by atoms with Gasteiger partial charge in [-0.1, -0.05) is 24.3 Å². The van der Waals surface area contributed by atoms with Gasteiger partial charge in [0.15, 0.2) is 5.96 Å². The summed E-state index contributed by atoms with van der Waals surface area (Å²) in [6.45, 7) is 13.4. The molecule has 0 unspecified atom stereocenters. The van der Waals surface area contributed by atoms with Crippen LogP contribution < -0.4 is 5.32 Å². The highest BCUT2D eigenvalue weighted by molar-refractivity contribution is 14.0. The molecular formula is C21H36IN3O2. The first-order valence-electron chi connectivity index (χ1n) is 9.96. The van der Waals surface area contributed by atoms with Crippen molar-refractivity contribution in [3.63, 3.8) is 0 Å². The van der Waals surface area contributed by atoms with Crippen LogP contribution in [-0.2, 0) is 22.6 Å². The van der Waals surface area contributed by atoms with Crippen molar-refractivity contribution in [3.05, 3.63) is 35.4 Å². The van der Waals surface area contributed by atoms with Crippen molar-refractivity contribution < 1.29 is 9.47 Å². The van der Waals surface area contributed by atoms with Gasteiger partial charge in [0.25, 0.3) is 0 Å². The van der Waals surface area contributed by atoms with Gasteiger partial charge in [0.05, 0.1) is 25.4 Å². The van der Waals surface area contributed by atoms with Crippen LogP contribution in [0.3, 0.4) is 0 Å². The Labute approximate surface area is 181 Å². The lowest BCUT2D eigenvalue weighted by Gasteiger charge is -2.34. The highest BCUT2D eigenvalue weighted by atomic mass is 127. The van der Waals surface area contributed by atoms with E-state index in [-0.39, 0.29) is 30.1 Å². The van der Waals surface area contributed by atoms with Crippen molar-refractivity contribution in [2.75, 3.05) is 26.2 Å². The average Bonchev–Trinajstić information content (AvgIpc) is 2.65. The number of piperidine rings is 1. The number of aliphatic imine (C=N–C) groups is 1. The van der Waals surface area contributed by atoms with E-state index in [2.05, 4.69) is 62.2 Å². The van der Waals surface area contributed by atoms with E-state index in [0.29, 0.717) is 19.3 Å². The molecule has 1 aliphatic heterocycles. The lowest BCUT2D eigenvalue weighted by atomic mass is 10.1. The third kappa shape index (κ3) is 8.79. The summed E-state index contributed by atoms with van der Waals surface area (Å²) in [5, 5.41) is 3.43. The fraction of sp³-hybridized carbons (Fsp3) is 0.667. The lowest BCUT2D eigenvalue weighted by Crippen LogP contribution is -2.47. The van der Waals surface area contributed by atoms with Gasteiger partial charge in [0, 0.05) is 26.2 Å². The minimum absolute atomic E-state index is 0. The molecular weight excluding hydrogens is 453 g/mol. The van der Waals surface area contributed by atoms with E-state index in [1.165, 1.54) is 11.1 Å². The molecule has 0 atom stereocenters. The molecule has 0 saturated carbocycles. The highest BCUT2D eigenvalue weighted by Crippen LogP contribution is 2.14. The van der Waals surface area contributed by atoms with Gasteiger partial charge in [-0.15, -0.1) is 24.0 Å². The summed E-state index contributed by atoms with van der Waals surface area (Å²) in [6.07, 6.45) is 2.81. The van der Waals surface area contributed by atoms with Crippen molar-refractivity contribution in [3.8, 4) is 0 Å². The molecule has 0 radical (unpaired) electrons. The van der Waals surface area contributed by atoms with E-state index >= 15 is 0 Å². The van der Waals surface area contributed by atoms with Crippen molar-refractivity contribution >= 4 is 29.9 Å². The van der Waals surface area contributed by atoms with Crippen LogP contribution in [0.15, 0.2) is 29.3 Å². The van der Waals surface area contributed by atoms with Gasteiger partial charge in [0.2, 0.25) is 0 Å². The average molecular weight is 489 g/mol. The summed E-state index contributed by atoms with van der Waals surface area (Å²) in [7, 11) is 0. The second kappa shape index (κ2) is 13.3. The molecule has 1 aliphatic rings. The maximum absolute atomic E-state index is 5.75. The van der Waals surface area contributed by atoms with Gasteiger partial charge in [-0.05, 0) is 51.7 Å². The van der Waals surface area contributed by atoms with Crippen LogP contribution in [0, 0.1) is 0 Å². The normalized spacial score (nSPS) is 15.7. The second-order valence-corrected chi connectivity index (χ2v) is 6.99. The Balaban J connectivity index is 0.00000364. The SMILES string of the molecule is CCNC(=NCc1ccc(COC(C)C)cc1)N1CCC(OCC)CC1.I. The summed E-state index contributed by atoms with van der Waals surface area (Å²) in [6, 6.07) is 8.56. The summed E-state index contributed by atoms with van der Waals surface area (Å²) >= 11 is 0. The van der Waals surface area contributed by atoms with E-state index in [0.717, 1.165) is 45.0 Å². The molecule has 27 heavy (non-hydrogen) atoms. The van der Waals surface area contributed by atoms with Crippen molar-refractivity contribution in [1.82, 2.24) is 10.2 Å². The monoisotopic (exact) mass is 489 g/mol. The van der Waals surface area contributed by atoms with Crippen LogP contribution >= 0.6 is 24.0 Å². The number of nitrogens with zero attached hydrogens (tertiary/aromatic N) is 2. The van der Waals surface area contributed by atoms with Crippen molar-refractivity contribution in [2.45, 2.75) is 65.9 Å². The molecule has 2 rings (SSSR count). The molecule has 1 aromatic rings. The summed E-state index contributed by atoms with van der Waals surface area (Å²) in [5.74, 6) is 1.01. The Morgan fingerprint density at radius 1 is 1.15 bits per heavy atom. The zero-order chi connectivity index (χ0) is 18.8. The van der Waals surface area contributed by atoms with E-state index in [1.807, 2.05) is 0 Å². The second-order valence-electron chi connectivity index (χ2n) is 6.99. The fourth-order valence-corrected chi connectivity index (χ4v) is 3.07. The number of hydrogen-bond donors (Lipinski definition) is 1. The van der Waals surface area contributed by atoms with Gasteiger partial charge in [-0.2, -0.15) is 0 Å². The number of hydrogen-bond acceptors (Lipinski definition) is 3. The van der Waals surface area contributed by atoms with Gasteiger partial charge in [-0.25, -0.2) is 4.99 Å². The maximum Gasteiger partial charge on any atom is 0.194 e. The van der Waals surface area contributed by atoms with Crippen LogP contribution in [0.2, 0.25) is 0 Å². The molecule has 154 valence electrons. The molecule has 1 N–H and O–H groups in total. The number of halogens is 1. The summed E-state index contributed by atoms with van der Waals surface area (Å²) in [4.78, 5) is 7.19. The molecule has 0 bridgehead atoms. The fourth-order valence-electron chi connectivity index (χ4n) is 3.07. The Bertz CT molecular complexity index is 541. The minimum atomic E-state index is 0. The number of guanidine groups is 1. The molecule has 1 aromatic carbocycles. The number of rotatable bonds is 8. The largest absolute Gasteiger partial charge is 0.378 e. The molecule has 0 spiro atoms. The van der Waals surface area contributed by atoms with E-state index in [9.17, 15) is 0 Å². The number of benzene rings is 1. The molecule has 0 amide bonds. The predicted molar refractivity (Wildman–Crippen MR) is 123 cm³/mol. The molecule has 0 aliphatic carbocycles. The Morgan fingerprint density at radius 2 is 1.78 bits per heavy atom. The first kappa shape index (κ1) is 24.2. The molecule has 0 aromatic heterocycles. The van der Waals surface area contributed by atoms with Crippen LogP contribution in [0.1, 0.15) is 51.7 Å². The number of likely N-dealkylation sites (tertiary alicyclic amines) is 1. The van der Waals surface area contributed by atoms with E-state index in [1.54, 1.807) is 0 Å². The standard InChI is InChI=1S/C21H35N3O2.HI/c1-5-22-21(24-13-11-20(12-14-24)25-6-2)23-15-18-7-9-19(10-8-18)16-26-17(3)4;/h7-10,17,20H,5-6,11-16H2,1-4H3,(H,22,23);1H. The van der Waals surface area contributed by atoms with Gasteiger partial charge >= 0.3 is 0 Å². The van der Waals surface area contributed by atoms with E-state index < -0.39 is 0 Å². The van der Waals surface area contributed by atoms with Gasteiger partial charge in [0.1, 0.15) is 0 Å². The van der Waals surface area contributed by atoms with E-state index in [4.69, 9.17) is 14.5 Å². The van der Waals surface area contributed by atoms with Crippen molar-refractivity contribution in [2.24, 2.45) is 4.99 Å². The Morgan fingerprint density at radius 3 is 2.33 bits per heavy atom. The lowest BCUT2D eigenvalue weighted by molar-refractivity contribution is 0.0263. The quantitative estimate of drug-likeness (QED) is 0.338. The summed E-state index contributed by atoms with van der Waals surface area (Å²) < 4.78 is 11.4. The Kier molecular flexibility index (Phi) is 11.9. The smallest absolute Gasteiger partial charge is 0.194 e. The highest BCUT2D eigenvalue weighted by Gasteiger charge is 2.21. The molecule has 1 heterocycles. The zero-order valence-electron chi connectivity index (χ0n) is 17.2. The van der Waals surface area contributed by atoms with Gasteiger partial charge in [-0.3, -0.25) is 0 Å². The maximum atomic E-state index is 5.75. The Hall–Kier alpha value is -0.860. The first-order chi connectivity index (χ1) is 12.6. The van der Waals surface area contributed by atoms with Crippen LogP contribution in [0.5, 0.6) is 0 Å². The number of ether oxygens (including phenoxy) is 2. The minimum Gasteiger partial charge on any atom is -0.378 e. The third-order valence-corrected chi connectivity index (χ3v) is 4.50. The first-order valence-corrected chi connectivity index (χ1v) is 9.96. The van der Waals surface area contributed by atoms with Crippen molar-refractivity contribution in [1.29, 1.82) is 0 Å². The topological polar surface area (TPSA) is 46.1 Å². The van der Waals surface area contributed by atoms with Crippen LogP contribution in [0.4, 0.5) is 0 Å². The molecule has 5 nitrogen and oxygen atoms in total. The summed E-state index contributed by atoms with van der Waals surface area (Å²) in [5.41, 5.74) is 2.43. The van der Waals surface area contributed by atoms with Crippen LogP contribution in [-0.4, -0.2) is 49.3 Å². The van der Waals surface area contributed by atoms with Crippen LogP contribution in [0.25, 0.3) is 0 Å². The molecule has 1 saturated heterocycles. The number of nitrogens with one attached hydrogen (secondary N) is 1. The predicted octanol–water partition coefficient (Wildman–Crippen LogP) is 4.20. The molecule has 1 fully saturated rings. The van der Waals surface area contributed by atoms with Gasteiger partial charge < -0.3 is 19.7 Å². The molecule has 6 heteroatoms.